The molecule has 0 amide bonds. The third kappa shape index (κ3) is 3.82. The van der Waals surface area contributed by atoms with Gasteiger partial charge in [-0.2, -0.15) is 5.10 Å². The van der Waals surface area contributed by atoms with Crippen LogP contribution in [0.3, 0.4) is 0 Å². The number of aliphatic hydroxyl groups is 1. The Balaban J connectivity index is 1.81. The average Bonchev–Trinajstić information content (AvgIpc) is 2.70. The number of rotatable bonds is 5. The molecule has 2 atom stereocenters. The van der Waals surface area contributed by atoms with Gasteiger partial charge >= 0.3 is 0 Å². The maximum atomic E-state index is 8.85. The molecule has 0 spiro atoms. The van der Waals surface area contributed by atoms with Crippen molar-refractivity contribution in [3.05, 3.63) is 18.0 Å². The monoisotopic (exact) mass is 251 g/mol. The zero-order chi connectivity index (χ0) is 12.8. The molecular weight excluding hydrogens is 226 g/mol. The maximum Gasteiger partial charge on any atom is 0.0640 e. The van der Waals surface area contributed by atoms with Gasteiger partial charge in [0, 0.05) is 24.3 Å². The molecule has 0 aromatic carbocycles. The third-order valence-electron chi connectivity index (χ3n) is 3.95. The Morgan fingerprint density at radius 3 is 3.06 bits per heavy atom. The van der Waals surface area contributed by atoms with Crippen molar-refractivity contribution in [3.8, 4) is 0 Å². The zero-order valence-corrected chi connectivity index (χ0v) is 11.3. The quantitative estimate of drug-likeness (QED) is 0.786. The highest BCUT2D eigenvalue weighted by Crippen LogP contribution is 2.23. The van der Waals surface area contributed by atoms with Crippen LogP contribution in [0.5, 0.6) is 0 Å². The van der Waals surface area contributed by atoms with E-state index in [9.17, 15) is 0 Å². The van der Waals surface area contributed by atoms with Crippen LogP contribution in [0.1, 0.15) is 44.6 Å². The molecule has 0 bridgehead atoms. The summed E-state index contributed by atoms with van der Waals surface area (Å²) in [4.78, 5) is 0. The van der Waals surface area contributed by atoms with Gasteiger partial charge in [0.05, 0.1) is 19.3 Å². The molecule has 2 unspecified atom stereocenters. The molecule has 1 aromatic heterocycles. The normalized spacial score (nSPS) is 25.0. The second-order valence-corrected chi connectivity index (χ2v) is 5.44. The second kappa shape index (κ2) is 6.90. The Morgan fingerprint density at radius 1 is 1.39 bits per heavy atom. The lowest BCUT2D eigenvalue weighted by Crippen LogP contribution is -2.33. The van der Waals surface area contributed by atoms with Crippen LogP contribution >= 0.6 is 0 Å². The summed E-state index contributed by atoms with van der Waals surface area (Å²) in [5, 5.41) is 16.7. The molecule has 1 fully saturated rings. The van der Waals surface area contributed by atoms with Crippen molar-refractivity contribution in [2.24, 2.45) is 5.92 Å². The van der Waals surface area contributed by atoms with Gasteiger partial charge in [-0.05, 0) is 18.8 Å². The summed E-state index contributed by atoms with van der Waals surface area (Å²) in [6.45, 7) is 3.98. The van der Waals surface area contributed by atoms with Gasteiger partial charge < -0.3 is 10.4 Å². The third-order valence-corrected chi connectivity index (χ3v) is 3.95. The van der Waals surface area contributed by atoms with Crippen molar-refractivity contribution in [2.45, 2.75) is 58.2 Å². The smallest absolute Gasteiger partial charge is 0.0640 e. The molecule has 1 aliphatic carbocycles. The van der Waals surface area contributed by atoms with Crippen LogP contribution in [-0.2, 0) is 13.1 Å². The molecule has 2 N–H and O–H groups in total. The molecule has 1 aliphatic rings. The molecule has 1 heterocycles. The van der Waals surface area contributed by atoms with Gasteiger partial charge in [0.1, 0.15) is 0 Å². The maximum absolute atomic E-state index is 8.85. The van der Waals surface area contributed by atoms with Crippen molar-refractivity contribution in [1.29, 1.82) is 0 Å². The molecule has 0 saturated heterocycles. The summed E-state index contributed by atoms with van der Waals surface area (Å²) in [5.74, 6) is 0.778. The number of nitrogens with one attached hydrogen (secondary N) is 1. The van der Waals surface area contributed by atoms with E-state index in [-0.39, 0.29) is 6.61 Å². The van der Waals surface area contributed by atoms with Crippen molar-refractivity contribution >= 4 is 0 Å². The molecule has 1 saturated carbocycles. The zero-order valence-electron chi connectivity index (χ0n) is 11.3. The standard InChI is InChI=1S/C14H25N3O/c1-12-5-3-2-4-6-14(12)15-9-13-10-16-17(11-13)7-8-18/h10-12,14-15,18H,2-9H2,1H3. The predicted octanol–water partition coefficient (Wildman–Crippen LogP) is 1.93. The van der Waals surface area contributed by atoms with Crippen LogP contribution in [0, 0.1) is 5.92 Å². The number of aliphatic hydroxyl groups excluding tert-OH is 1. The van der Waals surface area contributed by atoms with Crippen LogP contribution in [0.15, 0.2) is 12.4 Å². The largest absolute Gasteiger partial charge is 0.394 e. The lowest BCUT2D eigenvalue weighted by atomic mass is 9.97. The molecular formula is C14H25N3O. The van der Waals surface area contributed by atoms with E-state index in [4.69, 9.17) is 5.11 Å². The Kier molecular flexibility index (Phi) is 5.20. The summed E-state index contributed by atoms with van der Waals surface area (Å²) in [5.41, 5.74) is 1.21. The molecule has 102 valence electrons. The minimum atomic E-state index is 0.147. The van der Waals surface area contributed by atoms with Crippen LogP contribution in [0.25, 0.3) is 0 Å². The van der Waals surface area contributed by atoms with E-state index >= 15 is 0 Å². The summed E-state index contributed by atoms with van der Waals surface area (Å²) < 4.78 is 1.80. The van der Waals surface area contributed by atoms with Gasteiger partial charge in [-0.25, -0.2) is 0 Å². The molecule has 4 heteroatoms. The van der Waals surface area contributed by atoms with Gasteiger partial charge in [-0.1, -0.05) is 26.2 Å². The van der Waals surface area contributed by atoms with E-state index in [0.29, 0.717) is 12.6 Å². The summed E-state index contributed by atoms with van der Waals surface area (Å²) in [6.07, 6.45) is 10.7. The Labute approximate surface area is 109 Å². The summed E-state index contributed by atoms with van der Waals surface area (Å²) in [6, 6.07) is 0.647. The minimum Gasteiger partial charge on any atom is -0.394 e. The van der Waals surface area contributed by atoms with E-state index < -0.39 is 0 Å². The fourth-order valence-electron chi connectivity index (χ4n) is 2.77. The molecule has 0 radical (unpaired) electrons. The fourth-order valence-corrected chi connectivity index (χ4v) is 2.77. The predicted molar refractivity (Wildman–Crippen MR) is 72.2 cm³/mol. The van der Waals surface area contributed by atoms with E-state index in [1.54, 1.807) is 4.68 Å². The van der Waals surface area contributed by atoms with Crippen molar-refractivity contribution < 1.29 is 5.11 Å². The molecule has 2 rings (SSSR count). The SMILES string of the molecule is CC1CCCCCC1NCc1cnn(CCO)c1. The highest BCUT2D eigenvalue weighted by molar-refractivity contribution is 5.03. The van der Waals surface area contributed by atoms with Crippen LogP contribution in [-0.4, -0.2) is 27.5 Å². The van der Waals surface area contributed by atoms with Crippen LogP contribution in [0.4, 0.5) is 0 Å². The van der Waals surface area contributed by atoms with E-state index in [1.165, 1.54) is 37.7 Å². The first kappa shape index (κ1) is 13.6. The van der Waals surface area contributed by atoms with Gasteiger partial charge in [0.15, 0.2) is 0 Å². The molecule has 0 aliphatic heterocycles. The van der Waals surface area contributed by atoms with Gasteiger partial charge in [-0.15, -0.1) is 0 Å². The number of nitrogens with zero attached hydrogens (tertiary/aromatic N) is 2. The first-order valence-corrected chi connectivity index (χ1v) is 7.15. The molecule has 4 nitrogen and oxygen atoms in total. The number of hydrogen-bond acceptors (Lipinski definition) is 3. The van der Waals surface area contributed by atoms with E-state index in [0.717, 1.165) is 12.5 Å². The summed E-state index contributed by atoms with van der Waals surface area (Å²) in [7, 11) is 0. The van der Waals surface area contributed by atoms with Crippen molar-refractivity contribution in [1.82, 2.24) is 15.1 Å². The average molecular weight is 251 g/mol. The minimum absolute atomic E-state index is 0.147. The highest BCUT2D eigenvalue weighted by atomic mass is 16.3. The van der Waals surface area contributed by atoms with Gasteiger partial charge in [0.2, 0.25) is 0 Å². The molecule has 18 heavy (non-hydrogen) atoms. The van der Waals surface area contributed by atoms with Crippen molar-refractivity contribution in [2.75, 3.05) is 6.61 Å². The Morgan fingerprint density at radius 2 is 2.22 bits per heavy atom. The number of hydrogen-bond donors (Lipinski definition) is 2. The van der Waals surface area contributed by atoms with Gasteiger partial charge in [-0.3, -0.25) is 4.68 Å². The van der Waals surface area contributed by atoms with Crippen LogP contribution < -0.4 is 5.32 Å². The van der Waals surface area contributed by atoms with Gasteiger partial charge in [0.25, 0.3) is 0 Å². The lowest BCUT2D eigenvalue weighted by Gasteiger charge is -2.22. The van der Waals surface area contributed by atoms with Crippen LogP contribution in [0.2, 0.25) is 0 Å². The Bertz CT molecular complexity index is 351. The topological polar surface area (TPSA) is 50.1 Å². The Hall–Kier alpha value is -0.870. The number of aromatic nitrogens is 2. The van der Waals surface area contributed by atoms with Crippen molar-refractivity contribution in [3.63, 3.8) is 0 Å². The second-order valence-electron chi connectivity index (χ2n) is 5.44. The highest BCUT2D eigenvalue weighted by Gasteiger charge is 2.19. The first-order chi connectivity index (χ1) is 8.79. The lowest BCUT2D eigenvalue weighted by molar-refractivity contribution is 0.269. The van der Waals surface area contributed by atoms with E-state index in [2.05, 4.69) is 17.3 Å². The van der Waals surface area contributed by atoms with E-state index in [1.807, 2.05) is 12.4 Å². The molecule has 1 aromatic rings. The summed E-state index contributed by atoms with van der Waals surface area (Å²) >= 11 is 0. The first-order valence-electron chi connectivity index (χ1n) is 7.15. The fraction of sp³-hybridized carbons (Fsp3) is 0.786.